The number of nitrogens with zero attached hydrogens (tertiary/aromatic N) is 1. The molecule has 102 valence electrons. The topological polar surface area (TPSA) is 69.5 Å². The lowest BCUT2D eigenvalue weighted by Gasteiger charge is -2.34. The highest BCUT2D eigenvalue weighted by atomic mass is 16.4. The van der Waals surface area contributed by atoms with Crippen molar-refractivity contribution in [3.05, 3.63) is 28.7 Å². The predicted molar refractivity (Wildman–Crippen MR) is 73.5 cm³/mol. The number of benzene rings is 1. The highest BCUT2D eigenvalue weighted by Gasteiger charge is 2.23. The largest absolute Gasteiger partial charge is 0.417 e. The van der Waals surface area contributed by atoms with Crippen molar-refractivity contribution in [1.29, 1.82) is 0 Å². The molecule has 2 aromatic rings. The van der Waals surface area contributed by atoms with E-state index in [0.717, 1.165) is 36.9 Å². The van der Waals surface area contributed by atoms with Gasteiger partial charge >= 0.3 is 5.76 Å². The van der Waals surface area contributed by atoms with Crippen molar-refractivity contribution in [2.45, 2.75) is 37.8 Å². The van der Waals surface area contributed by atoms with Crippen LogP contribution in [0.3, 0.4) is 0 Å². The Hall–Kier alpha value is -1.75. The maximum absolute atomic E-state index is 11.1. The van der Waals surface area contributed by atoms with Crippen molar-refractivity contribution in [3.63, 3.8) is 0 Å². The number of oxazole rings is 1. The molecule has 1 aliphatic rings. The maximum atomic E-state index is 11.1. The van der Waals surface area contributed by atoms with Gasteiger partial charge in [0.15, 0.2) is 5.58 Å². The molecule has 0 amide bonds. The van der Waals surface area contributed by atoms with Crippen LogP contribution in [0.5, 0.6) is 0 Å². The lowest BCUT2D eigenvalue weighted by molar-refractivity contribution is 0.122. The van der Waals surface area contributed by atoms with Crippen molar-refractivity contribution in [1.82, 2.24) is 4.98 Å². The number of fused-ring (bicyclic) bond motifs is 1. The van der Waals surface area contributed by atoms with Gasteiger partial charge < -0.3 is 14.4 Å². The zero-order valence-corrected chi connectivity index (χ0v) is 10.9. The lowest BCUT2D eigenvalue weighted by atomic mass is 9.92. The van der Waals surface area contributed by atoms with Gasteiger partial charge in [-0.2, -0.15) is 0 Å². The summed E-state index contributed by atoms with van der Waals surface area (Å²) >= 11 is 0. The van der Waals surface area contributed by atoms with Gasteiger partial charge in [0.25, 0.3) is 0 Å². The minimum atomic E-state index is -0.421. The molecule has 2 N–H and O–H groups in total. The van der Waals surface area contributed by atoms with Crippen molar-refractivity contribution in [2.24, 2.45) is 0 Å². The summed E-state index contributed by atoms with van der Waals surface area (Å²) in [5.41, 5.74) is 2.35. The number of aliphatic hydroxyl groups is 1. The highest BCUT2D eigenvalue weighted by molar-refractivity contribution is 5.77. The normalized spacial score (nSPS) is 23.7. The molecule has 0 atom stereocenters. The second kappa shape index (κ2) is 4.74. The third-order valence-corrected chi connectivity index (χ3v) is 4.03. The third-order valence-electron chi connectivity index (χ3n) is 4.03. The van der Waals surface area contributed by atoms with E-state index in [4.69, 9.17) is 4.42 Å². The Balaban J connectivity index is 1.84. The standard InChI is InChI=1S/C14H18N2O3/c1-16(9-2-5-11(17)6-3-9)10-4-7-12-13(8-10)19-14(18)15-12/h4,7-9,11,17H,2-3,5-6H2,1H3,(H,15,18). The maximum Gasteiger partial charge on any atom is 0.417 e. The first-order valence-corrected chi connectivity index (χ1v) is 6.67. The van der Waals surface area contributed by atoms with Crippen LogP contribution in [0, 0.1) is 0 Å². The SMILES string of the molecule is CN(c1ccc2[nH]c(=O)oc2c1)C1CCC(O)CC1. The van der Waals surface area contributed by atoms with Crippen molar-refractivity contribution in [2.75, 3.05) is 11.9 Å². The molecule has 19 heavy (non-hydrogen) atoms. The average Bonchev–Trinajstić information content (AvgIpc) is 2.77. The van der Waals surface area contributed by atoms with Gasteiger partial charge in [0, 0.05) is 24.8 Å². The second-order valence-electron chi connectivity index (χ2n) is 5.27. The quantitative estimate of drug-likeness (QED) is 0.866. The fourth-order valence-electron chi connectivity index (χ4n) is 2.81. The second-order valence-corrected chi connectivity index (χ2v) is 5.27. The van der Waals surface area contributed by atoms with Crippen LogP contribution < -0.4 is 10.7 Å². The van der Waals surface area contributed by atoms with Crippen molar-refractivity contribution < 1.29 is 9.52 Å². The highest BCUT2D eigenvalue weighted by Crippen LogP contribution is 2.27. The molecule has 1 saturated carbocycles. The number of aromatic nitrogens is 1. The van der Waals surface area contributed by atoms with E-state index in [2.05, 4.69) is 9.88 Å². The first-order chi connectivity index (χ1) is 9.13. The van der Waals surface area contributed by atoms with E-state index in [9.17, 15) is 9.90 Å². The molecule has 5 nitrogen and oxygen atoms in total. The molecular formula is C14H18N2O3. The summed E-state index contributed by atoms with van der Waals surface area (Å²) in [4.78, 5) is 16.0. The van der Waals surface area contributed by atoms with Crippen LogP contribution in [0.15, 0.2) is 27.4 Å². The lowest BCUT2D eigenvalue weighted by Crippen LogP contribution is -2.36. The number of rotatable bonds is 2. The monoisotopic (exact) mass is 262 g/mol. The average molecular weight is 262 g/mol. The van der Waals surface area contributed by atoms with E-state index in [0.29, 0.717) is 11.6 Å². The number of H-pyrrole nitrogens is 1. The van der Waals surface area contributed by atoms with Crippen molar-refractivity contribution >= 4 is 16.8 Å². The number of anilines is 1. The molecule has 1 heterocycles. The number of hydrogen-bond donors (Lipinski definition) is 2. The van der Waals surface area contributed by atoms with Crippen LogP contribution >= 0.6 is 0 Å². The van der Waals surface area contributed by atoms with Gasteiger partial charge in [-0.05, 0) is 37.8 Å². The Morgan fingerprint density at radius 1 is 1.32 bits per heavy atom. The van der Waals surface area contributed by atoms with E-state index in [-0.39, 0.29) is 6.10 Å². The predicted octanol–water partition coefficient (Wildman–Crippen LogP) is 1.86. The van der Waals surface area contributed by atoms with Crippen LogP contribution in [0.4, 0.5) is 5.69 Å². The van der Waals surface area contributed by atoms with Crippen LogP contribution in [0.25, 0.3) is 11.1 Å². The summed E-state index contributed by atoms with van der Waals surface area (Å²) in [6.07, 6.45) is 3.56. The number of aromatic amines is 1. The molecule has 1 fully saturated rings. The molecular weight excluding hydrogens is 244 g/mol. The minimum absolute atomic E-state index is 0.144. The van der Waals surface area contributed by atoms with Gasteiger partial charge in [0.05, 0.1) is 11.6 Å². The van der Waals surface area contributed by atoms with Gasteiger partial charge in [-0.1, -0.05) is 0 Å². The number of nitrogens with one attached hydrogen (secondary N) is 1. The molecule has 1 aromatic heterocycles. The van der Waals surface area contributed by atoms with Crippen LogP contribution in [-0.2, 0) is 0 Å². The zero-order valence-electron chi connectivity index (χ0n) is 10.9. The van der Waals surface area contributed by atoms with Gasteiger partial charge in [-0.15, -0.1) is 0 Å². The van der Waals surface area contributed by atoms with Gasteiger partial charge in [0.1, 0.15) is 0 Å². The Morgan fingerprint density at radius 3 is 2.79 bits per heavy atom. The van der Waals surface area contributed by atoms with Crippen LogP contribution in [-0.4, -0.2) is 29.3 Å². The molecule has 0 unspecified atom stereocenters. The summed E-state index contributed by atoms with van der Waals surface area (Å²) in [7, 11) is 2.05. The Labute approximate surface area is 110 Å². The summed E-state index contributed by atoms with van der Waals surface area (Å²) < 4.78 is 5.09. The molecule has 1 aliphatic carbocycles. The van der Waals surface area contributed by atoms with E-state index >= 15 is 0 Å². The summed E-state index contributed by atoms with van der Waals surface area (Å²) in [5, 5.41) is 9.55. The molecule has 1 aromatic carbocycles. The van der Waals surface area contributed by atoms with Gasteiger partial charge in [-0.3, -0.25) is 4.98 Å². The van der Waals surface area contributed by atoms with Gasteiger partial charge in [0.2, 0.25) is 0 Å². The van der Waals surface area contributed by atoms with E-state index < -0.39 is 5.76 Å². The molecule has 5 heteroatoms. The van der Waals surface area contributed by atoms with E-state index in [1.165, 1.54) is 0 Å². The molecule has 0 aliphatic heterocycles. The third kappa shape index (κ3) is 2.38. The minimum Gasteiger partial charge on any atom is -0.408 e. The first-order valence-electron chi connectivity index (χ1n) is 6.67. The molecule has 0 saturated heterocycles. The molecule has 0 radical (unpaired) electrons. The zero-order chi connectivity index (χ0) is 13.4. The van der Waals surface area contributed by atoms with E-state index in [1.807, 2.05) is 25.2 Å². The summed E-state index contributed by atoms with van der Waals surface area (Å²) in [5.74, 6) is -0.421. The van der Waals surface area contributed by atoms with Crippen LogP contribution in [0.2, 0.25) is 0 Å². The van der Waals surface area contributed by atoms with Gasteiger partial charge in [-0.25, -0.2) is 4.79 Å². The Kier molecular flexibility index (Phi) is 3.06. The van der Waals surface area contributed by atoms with Crippen molar-refractivity contribution in [3.8, 4) is 0 Å². The van der Waals surface area contributed by atoms with Crippen LogP contribution in [0.1, 0.15) is 25.7 Å². The number of aliphatic hydroxyl groups excluding tert-OH is 1. The Morgan fingerprint density at radius 2 is 2.05 bits per heavy atom. The Bertz CT molecular complexity index is 623. The fraction of sp³-hybridized carbons (Fsp3) is 0.500. The molecule has 0 spiro atoms. The molecule has 3 rings (SSSR count). The van der Waals surface area contributed by atoms with E-state index in [1.54, 1.807) is 0 Å². The first kappa shape index (κ1) is 12.3. The smallest absolute Gasteiger partial charge is 0.408 e. The fourth-order valence-corrected chi connectivity index (χ4v) is 2.81. The molecule has 0 bridgehead atoms. The number of hydrogen-bond acceptors (Lipinski definition) is 4. The summed E-state index contributed by atoms with van der Waals surface area (Å²) in [6, 6.07) is 6.17. The summed E-state index contributed by atoms with van der Waals surface area (Å²) in [6.45, 7) is 0.